The lowest BCUT2D eigenvalue weighted by atomic mass is 9.37. The van der Waals surface area contributed by atoms with Crippen molar-refractivity contribution in [1.29, 1.82) is 0 Å². The van der Waals surface area contributed by atoms with Crippen LogP contribution in [0.25, 0.3) is 0 Å². The molecule has 5 aliphatic rings. The fraction of sp³-hybridized carbons (Fsp3) is 0.700. The number of ether oxygens (including phenoxy) is 1. The Kier molecular flexibility index (Phi) is 2.88. The highest BCUT2D eigenvalue weighted by Gasteiger charge is 2.76. The van der Waals surface area contributed by atoms with Gasteiger partial charge in [0.05, 0.1) is 5.41 Å². The maximum Gasteiger partial charge on any atom is 0.306 e. The highest BCUT2D eigenvalue weighted by molar-refractivity contribution is 6.03. The first kappa shape index (κ1) is 15.2. The SMILES string of the molecule is C=C1C(=O)[C@@]23CC[C@@H]1C[C@]21OC(=O)CC[C@@]1(C)[C@H](C(=C)C)CC3. The maximum absolute atomic E-state index is 13.2. The van der Waals surface area contributed by atoms with E-state index in [1.165, 1.54) is 0 Å². The molecular weight excluding hydrogens is 288 g/mol. The average Bonchev–Trinajstić information content (AvgIpc) is 2.50. The summed E-state index contributed by atoms with van der Waals surface area (Å²) < 4.78 is 6.17. The number of allylic oxidation sites excluding steroid dienone is 2. The standard InChI is InChI=1S/C20H26O3/c1-12(2)15-6-10-19-9-5-14(13(3)17(19)22)11-20(19)18(15,4)8-7-16(21)23-20/h14-15H,1,3,5-11H2,2,4H3/t14-,15+,18+,19+,20-/m1/s1. The van der Waals surface area contributed by atoms with Crippen LogP contribution in [0.5, 0.6) is 0 Å². The van der Waals surface area contributed by atoms with Gasteiger partial charge in [-0.1, -0.05) is 25.7 Å². The lowest BCUT2D eigenvalue weighted by Crippen LogP contribution is -2.74. The van der Waals surface area contributed by atoms with E-state index in [-0.39, 0.29) is 23.1 Å². The van der Waals surface area contributed by atoms with E-state index < -0.39 is 11.0 Å². The molecule has 2 bridgehead atoms. The smallest absolute Gasteiger partial charge is 0.306 e. The third kappa shape index (κ3) is 1.52. The fourth-order valence-electron chi connectivity index (χ4n) is 6.59. The van der Waals surface area contributed by atoms with Crippen molar-refractivity contribution >= 4 is 11.8 Å². The predicted molar refractivity (Wildman–Crippen MR) is 87.6 cm³/mol. The van der Waals surface area contributed by atoms with Gasteiger partial charge in [-0.15, -0.1) is 0 Å². The largest absolute Gasteiger partial charge is 0.457 e. The van der Waals surface area contributed by atoms with Crippen LogP contribution in [0.15, 0.2) is 24.3 Å². The van der Waals surface area contributed by atoms with Crippen LogP contribution in [-0.2, 0) is 14.3 Å². The predicted octanol–water partition coefficient (Wildman–Crippen LogP) is 3.98. The number of rotatable bonds is 1. The molecule has 0 N–H and O–H groups in total. The molecule has 0 aromatic carbocycles. The van der Waals surface area contributed by atoms with Gasteiger partial charge in [-0.3, -0.25) is 9.59 Å². The summed E-state index contributed by atoms with van der Waals surface area (Å²) >= 11 is 0. The minimum Gasteiger partial charge on any atom is -0.457 e. The van der Waals surface area contributed by atoms with Crippen LogP contribution in [0, 0.1) is 22.7 Å². The maximum atomic E-state index is 13.2. The topological polar surface area (TPSA) is 43.4 Å². The number of hydrogen-bond acceptors (Lipinski definition) is 3. The van der Waals surface area contributed by atoms with Crippen LogP contribution < -0.4 is 0 Å². The fourth-order valence-corrected chi connectivity index (χ4v) is 6.59. The summed E-state index contributed by atoms with van der Waals surface area (Å²) in [5.41, 5.74) is 0.584. The van der Waals surface area contributed by atoms with E-state index >= 15 is 0 Å². The van der Waals surface area contributed by atoms with E-state index in [1.807, 2.05) is 0 Å². The highest BCUT2D eigenvalue weighted by atomic mass is 16.6. The van der Waals surface area contributed by atoms with Crippen LogP contribution in [0.4, 0.5) is 0 Å². The summed E-state index contributed by atoms with van der Waals surface area (Å²) in [6, 6.07) is 0. The minimum atomic E-state index is -0.640. The molecule has 5 atom stereocenters. The summed E-state index contributed by atoms with van der Waals surface area (Å²) in [5, 5.41) is 0. The Hall–Kier alpha value is -1.38. The first-order valence-corrected chi connectivity index (χ1v) is 8.88. The van der Waals surface area contributed by atoms with Crippen LogP contribution in [0.1, 0.15) is 58.8 Å². The molecule has 0 aromatic rings. The van der Waals surface area contributed by atoms with E-state index in [1.54, 1.807) is 0 Å². The molecule has 0 amide bonds. The molecule has 5 fully saturated rings. The highest BCUT2D eigenvalue weighted by Crippen LogP contribution is 2.72. The molecule has 1 heterocycles. The van der Waals surface area contributed by atoms with Crippen molar-refractivity contribution in [3.05, 3.63) is 24.3 Å². The lowest BCUT2D eigenvalue weighted by Gasteiger charge is -2.70. The first-order chi connectivity index (χ1) is 10.8. The molecular formula is C20H26O3. The number of ketones is 1. The first-order valence-electron chi connectivity index (χ1n) is 8.88. The van der Waals surface area contributed by atoms with Gasteiger partial charge in [0, 0.05) is 11.8 Å². The third-order valence-electron chi connectivity index (χ3n) is 7.73. The van der Waals surface area contributed by atoms with E-state index in [0.717, 1.165) is 49.7 Å². The van der Waals surface area contributed by atoms with E-state index in [2.05, 4.69) is 27.0 Å². The number of Topliss-reactive ketones (excluding diaryl/α,β-unsaturated/α-hetero) is 1. The summed E-state index contributed by atoms with van der Waals surface area (Å²) in [5.74, 6) is 0.552. The molecule has 0 unspecified atom stereocenters. The molecule has 124 valence electrons. The summed E-state index contributed by atoms with van der Waals surface area (Å²) in [7, 11) is 0. The van der Waals surface area contributed by atoms with Crippen molar-refractivity contribution in [3.8, 4) is 0 Å². The normalized spacial score (nSPS) is 48.5. The number of fused-ring (bicyclic) bond motifs is 2. The van der Waals surface area contributed by atoms with Crippen LogP contribution in [0.3, 0.4) is 0 Å². The second-order valence-electron chi connectivity index (χ2n) is 8.53. The van der Waals surface area contributed by atoms with Gasteiger partial charge in [-0.2, -0.15) is 0 Å². The van der Waals surface area contributed by atoms with Crippen molar-refractivity contribution in [3.63, 3.8) is 0 Å². The third-order valence-corrected chi connectivity index (χ3v) is 7.73. The number of carbonyl (C=O) groups excluding carboxylic acids is 2. The zero-order chi connectivity index (χ0) is 16.6. The molecule has 3 heteroatoms. The van der Waals surface area contributed by atoms with Gasteiger partial charge < -0.3 is 4.74 Å². The Morgan fingerprint density at radius 2 is 1.91 bits per heavy atom. The van der Waals surface area contributed by atoms with Crippen LogP contribution in [0.2, 0.25) is 0 Å². The average molecular weight is 314 g/mol. The molecule has 23 heavy (non-hydrogen) atoms. The molecule has 0 aromatic heterocycles. The lowest BCUT2D eigenvalue weighted by molar-refractivity contribution is -0.270. The molecule has 4 aliphatic carbocycles. The second kappa shape index (κ2) is 4.37. The molecule has 3 nitrogen and oxygen atoms in total. The van der Waals surface area contributed by atoms with Gasteiger partial charge in [0.25, 0.3) is 0 Å². The van der Waals surface area contributed by atoms with Crippen LogP contribution in [-0.4, -0.2) is 17.4 Å². The van der Waals surface area contributed by atoms with Crippen molar-refractivity contribution in [2.45, 2.75) is 64.4 Å². The van der Waals surface area contributed by atoms with Crippen molar-refractivity contribution in [1.82, 2.24) is 0 Å². The van der Waals surface area contributed by atoms with Crippen LogP contribution >= 0.6 is 0 Å². The van der Waals surface area contributed by atoms with Gasteiger partial charge >= 0.3 is 5.97 Å². The number of hydrogen-bond donors (Lipinski definition) is 0. The van der Waals surface area contributed by atoms with Gasteiger partial charge in [0.15, 0.2) is 5.78 Å². The zero-order valence-corrected chi connectivity index (χ0v) is 14.2. The van der Waals surface area contributed by atoms with E-state index in [4.69, 9.17) is 4.74 Å². The molecule has 1 aliphatic heterocycles. The molecule has 0 radical (unpaired) electrons. The van der Waals surface area contributed by atoms with Gasteiger partial charge in [-0.25, -0.2) is 0 Å². The van der Waals surface area contributed by atoms with Gasteiger partial charge in [-0.05, 0) is 62.9 Å². The molecule has 4 saturated carbocycles. The Balaban J connectivity index is 1.94. The minimum absolute atomic E-state index is 0.129. The quantitative estimate of drug-likeness (QED) is 0.418. The summed E-state index contributed by atoms with van der Waals surface area (Å²) in [4.78, 5) is 25.5. The zero-order valence-electron chi connectivity index (χ0n) is 14.2. The molecule has 2 spiro atoms. The summed E-state index contributed by atoms with van der Waals surface area (Å²) in [6.07, 6.45) is 5.67. The molecule has 1 saturated heterocycles. The monoisotopic (exact) mass is 314 g/mol. The Morgan fingerprint density at radius 3 is 2.61 bits per heavy atom. The van der Waals surface area contributed by atoms with Crippen molar-refractivity contribution < 1.29 is 14.3 Å². The Labute approximate surface area is 138 Å². The van der Waals surface area contributed by atoms with Gasteiger partial charge in [0.1, 0.15) is 5.60 Å². The van der Waals surface area contributed by atoms with Crippen molar-refractivity contribution in [2.24, 2.45) is 22.7 Å². The molecule has 5 rings (SSSR count). The number of carbonyl (C=O) groups is 2. The Bertz CT molecular complexity index is 647. The summed E-state index contributed by atoms with van der Waals surface area (Å²) in [6.45, 7) is 12.6. The van der Waals surface area contributed by atoms with Gasteiger partial charge in [0.2, 0.25) is 0 Å². The van der Waals surface area contributed by atoms with Crippen molar-refractivity contribution in [2.75, 3.05) is 0 Å². The Morgan fingerprint density at radius 1 is 1.22 bits per heavy atom. The van der Waals surface area contributed by atoms with E-state index in [9.17, 15) is 9.59 Å². The number of esters is 1. The van der Waals surface area contributed by atoms with E-state index in [0.29, 0.717) is 12.3 Å². The second-order valence-corrected chi connectivity index (χ2v) is 8.53.